The molecular weight excluding hydrogens is 290 g/mol. The third-order valence-corrected chi connectivity index (χ3v) is 4.90. The molecule has 0 amide bonds. The van der Waals surface area contributed by atoms with Crippen LogP contribution in [-0.4, -0.2) is 9.55 Å². The van der Waals surface area contributed by atoms with Gasteiger partial charge in [0.25, 0.3) is 0 Å². The number of rotatable bonds is 3. The maximum absolute atomic E-state index is 6.03. The van der Waals surface area contributed by atoms with Crippen LogP contribution in [0.5, 0.6) is 0 Å². The number of nitrogens with two attached hydrogens (primary N) is 1. The van der Waals surface area contributed by atoms with Gasteiger partial charge in [0.15, 0.2) is 0 Å². The van der Waals surface area contributed by atoms with E-state index in [1.807, 2.05) is 18.2 Å². The third kappa shape index (κ3) is 2.09. The van der Waals surface area contributed by atoms with Crippen molar-refractivity contribution in [2.24, 2.45) is 0 Å². The Kier molecular flexibility index (Phi) is 2.75. The predicted octanol–water partition coefficient (Wildman–Crippen LogP) is 4.26. The number of imidazole rings is 1. The van der Waals surface area contributed by atoms with Crippen LogP contribution in [-0.2, 0) is 6.54 Å². The molecule has 0 unspecified atom stereocenters. The molecule has 5 heteroatoms. The molecule has 20 heavy (non-hydrogen) atoms. The fourth-order valence-electron chi connectivity index (χ4n) is 2.58. The Labute approximate surface area is 126 Å². The topological polar surface area (TPSA) is 43.8 Å². The van der Waals surface area contributed by atoms with Crippen LogP contribution in [0.4, 0.5) is 5.69 Å². The first-order valence-corrected chi connectivity index (χ1v) is 7.90. The summed E-state index contributed by atoms with van der Waals surface area (Å²) in [5.41, 5.74) is 8.79. The molecule has 4 rings (SSSR count). The molecule has 0 saturated heterocycles. The second kappa shape index (κ2) is 4.50. The first-order valence-electron chi connectivity index (χ1n) is 6.70. The predicted molar refractivity (Wildman–Crippen MR) is 84.6 cm³/mol. The van der Waals surface area contributed by atoms with Gasteiger partial charge in [-0.1, -0.05) is 11.6 Å². The van der Waals surface area contributed by atoms with Gasteiger partial charge >= 0.3 is 0 Å². The van der Waals surface area contributed by atoms with E-state index in [0.717, 1.165) is 27.6 Å². The van der Waals surface area contributed by atoms with Gasteiger partial charge in [-0.05, 0) is 43.2 Å². The second-order valence-electron chi connectivity index (χ2n) is 5.28. The standard InChI is InChI=1S/C15H14ClN3S/c16-14-6-4-11(20-14)8-19-13-5-3-10(17)7-12(13)18-15(19)9-1-2-9/h3-7,9H,1-2,8,17H2. The molecule has 1 aromatic carbocycles. The summed E-state index contributed by atoms with van der Waals surface area (Å²) < 4.78 is 3.15. The fourth-order valence-corrected chi connectivity index (χ4v) is 3.65. The van der Waals surface area contributed by atoms with Crippen LogP contribution >= 0.6 is 22.9 Å². The van der Waals surface area contributed by atoms with Gasteiger partial charge in [-0.3, -0.25) is 0 Å². The summed E-state index contributed by atoms with van der Waals surface area (Å²) in [6.45, 7) is 0.837. The average molecular weight is 304 g/mol. The Bertz CT molecular complexity index is 786. The highest BCUT2D eigenvalue weighted by Gasteiger charge is 2.29. The van der Waals surface area contributed by atoms with E-state index in [2.05, 4.69) is 16.7 Å². The van der Waals surface area contributed by atoms with Crippen molar-refractivity contribution in [3.63, 3.8) is 0 Å². The molecular formula is C15H14ClN3S. The van der Waals surface area contributed by atoms with Crippen molar-refractivity contribution in [3.8, 4) is 0 Å². The lowest BCUT2D eigenvalue weighted by Gasteiger charge is -2.07. The number of thiophene rings is 1. The van der Waals surface area contributed by atoms with Crippen molar-refractivity contribution in [1.29, 1.82) is 0 Å². The molecule has 1 fully saturated rings. The summed E-state index contributed by atoms with van der Waals surface area (Å²) in [6.07, 6.45) is 2.48. The molecule has 0 atom stereocenters. The van der Waals surface area contributed by atoms with Gasteiger partial charge in [-0.2, -0.15) is 0 Å². The average Bonchev–Trinajstić information content (AvgIpc) is 3.10. The highest BCUT2D eigenvalue weighted by molar-refractivity contribution is 7.16. The molecule has 1 saturated carbocycles. The zero-order chi connectivity index (χ0) is 13.7. The fraction of sp³-hybridized carbons (Fsp3) is 0.267. The quantitative estimate of drug-likeness (QED) is 0.735. The highest BCUT2D eigenvalue weighted by Crippen LogP contribution is 2.41. The molecule has 0 bridgehead atoms. The molecule has 2 aromatic heterocycles. The Hall–Kier alpha value is -1.52. The first-order chi connectivity index (χ1) is 9.70. The maximum atomic E-state index is 6.03. The normalized spacial score (nSPS) is 15.1. The Morgan fingerprint density at radius 2 is 2.15 bits per heavy atom. The summed E-state index contributed by atoms with van der Waals surface area (Å²) >= 11 is 7.66. The van der Waals surface area contributed by atoms with Crippen LogP contribution in [0.25, 0.3) is 11.0 Å². The number of aromatic nitrogens is 2. The number of hydrogen-bond donors (Lipinski definition) is 1. The van der Waals surface area contributed by atoms with E-state index in [-0.39, 0.29) is 0 Å². The van der Waals surface area contributed by atoms with Gasteiger partial charge in [0.2, 0.25) is 0 Å². The molecule has 1 aliphatic carbocycles. The van der Waals surface area contributed by atoms with E-state index < -0.39 is 0 Å². The van der Waals surface area contributed by atoms with Crippen LogP contribution < -0.4 is 5.73 Å². The molecule has 0 spiro atoms. The number of hydrogen-bond acceptors (Lipinski definition) is 3. The van der Waals surface area contributed by atoms with E-state index in [0.29, 0.717) is 5.92 Å². The number of anilines is 1. The summed E-state index contributed by atoms with van der Waals surface area (Å²) in [5.74, 6) is 1.80. The highest BCUT2D eigenvalue weighted by atomic mass is 35.5. The van der Waals surface area contributed by atoms with Crippen molar-refractivity contribution in [2.75, 3.05) is 5.73 Å². The molecule has 102 valence electrons. The van der Waals surface area contributed by atoms with E-state index in [4.69, 9.17) is 22.3 Å². The van der Waals surface area contributed by atoms with Crippen molar-refractivity contribution in [3.05, 3.63) is 45.4 Å². The smallest absolute Gasteiger partial charge is 0.113 e. The summed E-state index contributed by atoms with van der Waals surface area (Å²) in [4.78, 5) is 6.05. The Morgan fingerprint density at radius 3 is 2.85 bits per heavy atom. The number of halogens is 1. The third-order valence-electron chi connectivity index (χ3n) is 3.69. The SMILES string of the molecule is Nc1ccc2c(c1)nc(C1CC1)n2Cc1ccc(Cl)s1. The largest absolute Gasteiger partial charge is 0.399 e. The van der Waals surface area contributed by atoms with Crippen molar-refractivity contribution in [1.82, 2.24) is 9.55 Å². The van der Waals surface area contributed by atoms with Gasteiger partial charge in [0.05, 0.1) is 21.9 Å². The molecule has 1 aliphatic rings. The van der Waals surface area contributed by atoms with E-state index in [9.17, 15) is 0 Å². The molecule has 3 nitrogen and oxygen atoms in total. The van der Waals surface area contributed by atoms with E-state index >= 15 is 0 Å². The van der Waals surface area contributed by atoms with Crippen LogP contribution in [0, 0.1) is 0 Å². The summed E-state index contributed by atoms with van der Waals surface area (Å²) in [6, 6.07) is 10.0. The Balaban J connectivity index is 1.84. The number of nitrogens with zero attached hydrogens (tertiary/aromatic N) is 2. The number of benzene rings is 1. The minimum absolute atomic E-state index is 0.610. The van der Waals surface area contributed by atoms with Crippen molar-refractivity contribution in [2.45, 2.75) is 25.3 Å². The van der Waals surface area contributed by atoms with E-state index in [1.54, 1.807) is 11.3 Å². The van der Waals surface area contributed by atoms with Gasteiger partial charge < -0.3 is 10.3 Å². The van der Waals surface area contributed by atoms with Crippen LogP contribution in [0.3, 0.4) is 0 Å². The molecule has 3 aromatic rings. The van der Waals surface area contributed by atoms with Gasteiger partial charge in [-0.25, -0.2) is 4.98 Å². The molecule has 2 heterocycles. The monoisotopic (exact) mass is 303 g/mol. The van der Waals surface area contributed by atoms with Crippen molar-refractivity contribution >= 4 is 39.7 Å². The van der Waals surface area contributed by atoms with Crippen LogP contribution in [0.2, 0.25) is 4.34 Å². The lowest BCUT2D eigenvalue weighted by atomic mass is 10.3. The maximum Gasteiger partial charge on any atom is 0.113 e. The molecule has 0 aliphatic heterocycles. The number of fused-ring (bicyclic) bond motifs is 1. The van der Waals surface area contributed by atoms with Crippen molar-refractivity contribution < 1.29 is 0 Å². The van der Waals surface area contributed by atoms with Gasteiger partial charge in [-0.15, -0.1) is 11.3 Å². The lowest BCUT2D eigenvalue weighted by molar-refractivity contribution is 0.755. The first kappa shape index (κ1) is 12.2. The number of nitrogen functional groups attached to an aromatic ring is 1. The van der Waals surface area contributed by atoms with Gasteiger partial charge in [0.1, 0.15) is 5.82 Å². The van der Waals surface area contributed by atoms with Crippen LogP contribution in [0.1, 0.15) is 29.5 Å². The van der Waals surface area contributed by atoms with Gasteiger partial charge in [0, 0.05) is 16.5 Å². The molecule has 2 N–H and O–H groups in total. The summed E-state index contributed by atoms with van der Waals surface area (Å²) in [7, 11) is 0. The Morgan fingerprint density at radius 1 is 1.30 bits per heavy atom. The minimum Gasteiger partial charge on any atom is -0.399 e. The minimum atomic E-state index is 0.610. The zero-order valence-corrected chi connectivity index (χ0v) is 12.4. The lowest BCUT2D eigenvalue weighted by Crippen LogP contribution is -2.02. The summed E-state index contributed by atoms with van der Waals surface area (Å²) in [5, 5.41) is 0. The van der Waals surface area contributed by atoms with E-state index in [1.165, 1.54) is 23.5 Å². The molecule has 0 radical (unpaired) electrons. The zero-order valence-electron chi connectivity index (χ0n) is 10.8. The van der Waals surface area contributed by atoms with Crippen LogP contribution in [0.15, 0.2) is 30.3 Å². The second-order valence-corrected chi connectivity index (χ2v) is 7.08.